The molecule has 0 aromatic heterocycles. The van der Waals surface area contributed by atoms with E-state index in [2.05, 4.69) is 35.3 Å². The molecule has 0 radical (unpaired) electrons. The summed E-state index contributed by atoms with van der Waals surface area (Å²) in [6.07, 6.45) is 4.57. The zero-order valence-corrected chi connectivity index (χ0v) is 18.2. The van der Waals surface area contributed by atoms with Crippen molar-refractivity contribution in [3.63, 3.8) is 0 Å². The van der Waals surface area contributed by atoms with Gasteiger partial charge in [-0.25, -0.2) is 4.39 Å². The van der Waals surface area contributed by atoms with Crippen molar-refractivity contribution in [3.8, 4) is 0 Å². The Bertz CT molecular complexity index is 1120. The number of rotatable bonds is 7. The molecular weight excluding hydrogens is 409 g/mol. The van der Waals surface area contributed by atoms with E-state index >= 15 is 0 Å². The lowest BCUT2D eigenvalue weighted by molar-refractivity contribution is -0.126. The number of benzene rings is 3. The highest BCUT2D eigenvalue weighted by atomic mass is 32.2. The number of unbranched alkanes of at least 4 members (excludes halogenated alkanes) is 1. The molecule has 0 aliphatic carbocycles. The Labute approximate surface area is 185 Å². The molecular formula is C25H24FN3OS. The number of carbonyl (C=O) groups excluding carboxylic acids is 1. The molecule has 1 heterocycles. The molecule has 0 bridgehead atoms. The topological polar surface area (TPSA) is 45.0 Å². The van der Waals surface area contributed by atoms with Gasteiger partial charge in [-0.1, -0.05) is 86.1 Å². The van der Waals surface area contributed by atoms with E-state index in [9.17, 15) is 9.18 Å². The number of hydrogen-bond acceptors (Lipinski definition) is 4. The van der Waals surface area contributed by atoms with Gasteiger partial charge in [-0.3, -0.25) is 9.69 Å². The Hall–Kier alpha value is -2.99. The van der Waals surface area contributed by atoms with Crippen molar-refractivity contribution in [2.24, 2.45) is 10.2 Å². The molecule has 4 nitrogen and oxygen atoms in total. The van der Waals surface area contributed by atoms with Crippen LogP contribution in [-0.2, 0) is 11.3 Å². The fraction of sp³-hybridized carbons (Fsp3) is 0.240. The molecule has 6 heteroatoms. The fourth-order valence-electron chi connectivity index (χ4n) is 3.58. The highest BCUT2D eigenvalue weighted by molar-refractivity contribution is 8.15. The number of nitrogens with zero attached hydrogens (tertiary/aromatic N) is 3. The standard InChI is InChI=1S/C25H24FN3OS/c1-2-3-11-23-24(30)29(17-18-12-14-21(26)15-13-18)25(31-23)28-27-16-20-9-6-8-19-7-4-5-10-22(19)20/h4-10,12-16,23H,2-3,11,17H2,1H3/b27-16+,28-25-. The zero-order chi connectivity index (χ0) is 21.6. The Morgan fingerprint density at radius 3 is 2.65 bits per heavy atom. The Balaban J connectivity index is 1.59. The maximum absolute atomic E-state index is 13.3. The molecule has 1 unspecified atom stereocenters. The van der Waals surface area contributed by atoms with Crippen LogP contribution in [0.2, 0.25) is 0 Å². The second kappa shape index (κ2) is 9.88. The van der Waals surface area contributed by atoms with Crippen LogP contribution in [0.1, 0.15) is 37.3 Å². The minimum Gasteiger partial charge on any atom is -0.284 e. The van der Waals surface area contributed by atoms with E-state index in [1.807, 2.05) is 24.3 Å². The van der Waals surface area contributed by atoms with Gasteiger partial charge in [-0.15, -0.1) is 5.10 Å². The van der Waals surface area contributed by atoms with Gasteiger partial charge in [0.15, 0.2) is 5.17 Å². The van der Waals surface area contributed by atoms with E-state index in [-0.39, 0.29) is 17.0 Å². The predicted octanol–water partition coefficient (Wildman–Crippen LogP) is 6.00. The second-order valence-corrected chi connectivity index (χ2v) is 8.66. The third-order valence-electron chi connectivity index (χ3n) is 5.26. The lowest BCUT2D eigenvalue weighted by Gasteiger charge is -2.16. The highest BCUT2D eigenvalue weighted by Gasteiger charge is 2.37. The van der Waals surface area contributed by atoms with Crippen LogP contribution in [0.3, 0.4) is 0 Å². The van der Waals surface area contributed by atoms with E-state index in [0.29, 0.717) is 11.7 Å². The molecule has 1 atom stereocenters. The largest absolute Gasteiger partial charge is 0.284 e. The normalized spacial score (nSPS) is 18.0. The predicted molar refractivity (Wildman–Crippen MR) is 127 cm³/mol. The van der Waals surface area contributed by atoms with Crippen molar-refractivity contribution in [1.82, 2.24) is 4.90 Å². The minimum atomic E-state index is -0.291. The van der Waals surface area contributed by atoms with Gasteiger partial charge in [-0.05, 0) is 34.9 Å². The first kappa shape index (κ1) is 21.2. The number of thioether (sulfide) groups is 1. The first-order valence-corrected chi connectivity index (χ1v) is 11.3. The van der Waals surface area contributed by atoms with Gasteiger partial charge in [0.1, 0.15) is 5.82 Å². The molecule has 3 aromatic rings. The van der Waals surface area contributed by atoms with Crippen LogP contribution in [0.5, 0.6) is 0 Å². The summed E-state index contributed by atoms with van der Waals surface area (Å²) in [6.45, 7) is 2.47. The Morgan fingerprint density at radius 1 is 1.06 bits per heavy atom. The van der Waals surface area contributed by atoms with Crippen molar-refractivity contribution < 1.29 is 9.18 Å². The van der Waals surface area contributed by atoms with Gasteiger partial charge in [0, 0.05) is 5.56 Å². The average molecular weight is 434 g/mol. The third-order valence-corrected chi connectivity index (χ3v) is 6.49. The first-order chi connectivity index (χ1) is 15.2. The smallest absolute Gasteiger partial charge is 0.242 e. The highest BCUT2D eigenvalue weighted by Crippen LogP contribution is 2.32. The van der Waals surface area contributed by atoms with Gasteiger partial charge in [0.25, 0.3) is 0 Å². The average Bonchev–Trinajstić information content (AvgIpc) is 3.08. The van der Waals surface area contributed by atoms with Crippen LogP contribution in [0, 0.1) is 5.82 Å². The second-order valence-electron chi connectivity index (χ2n) is 7.50. The summed E-state index contributed by atoms with van der Waals surface area (Å²) < 4.78 is 13.3. The van der Waals surface area contributed by atoms with Crippen LogP contribution >= 0.6 is 11.8 Å². The van der Waals surface area contributed by atoms with Crippen molar-refractivity contribution in [1.29, 1.82) is 0 Å². The van der Waals surface area contributed by atoms with E-state index in [4.69, 9.17) is 0 Å². The maximum Gasteiger partial charge on any atom is 0.242 e. The summed E-state index contributed by atoms with van der Waals surface area (Å²) in [5.74, 6) is -0.248. The van der Waals surface area contributed by atoms with Gasteiger partial charge < -0.3 is 0 Å². The van der Waals surface area contributed by atoms with E-state index < -0.39 is 0 Å². The molecule has 0 saturated carbocycles. The molecule has 1 aliphatic heterocycles. The van der Waals surface area contributed by atoms with Crippen LogP contribution < -0.4 is 0 Å². The number of fused-ring (bicyclic) bond motifs is 1. The number of carbonyl (C=O) groups is 1. The summed E-state index contributed by atoms with van der Waals surface area (Å²) in [6, 6.07) is 20.4. The van der Waals surface area contributed by atoms with Crippen molar-refractivity contribution in [2.45, 2.75) is 38.0 Å². The van der Waals surface area contributed by atoms with Gasteiger partial charge in [0.05, 0.1) is 18.0 Å². The van der Waals surface area contributed by atoms with E-state index in [0.717, 1.165) is 41.2 Å². The Kier molecular flexibility index (Phi) is 6.77. The molecule has 0 spiro atoms. The number of hydrogen-bond donors (Lipinski definition) is 0. The monoisotopic (exact) mass is 433 g/mol. The van der Waals surface area contributed by atoms with Crippen LogP contribution in [0.25, 0.3) is 10.8 Å². The quantitative estimate of drug-likeness (QED) is 0.339. The molecule has 1 fully saturated rings. The summed E-state index contributed by atoms with van der Waals surface area (Å²) in [5, 5.41) is 11.4. The number of halogens is 1. The summed E-state index contributed by atoms with van der Waals surface area (Å²) in [7, 11) is 0. The molecule has 0 N–H and O–H groups in total. The third kappa shape index (κ3) is 5.02. The van der Waals surface area contributed by atoms with Crippen LogP contribution in [0.15, 0.2) is 76.9 Å². The molecule has 4 rings (SSSR count). The van der Waals surface area contributed by atoms with E-state index in [1.54, 1.807) is 23.2 Å². The van der Waals surface area contributed by atoms with Crippen molar-refractivity contribution in [2.75, 3.05) is 0 Å². The van der Waals surface area contributed by atoms with E-state index in [1.165, 1.54) is 23.9 Å². The molecule has 1 saturated heterocycles. The molecule has 158 valence electrons. The lowest BCUT2D eigenvalue weighted by Crippen LogP contribution is -2.31. The van der Waals surface area contributed by atoms with Crippen LogP contribution in [-0.4, -0.2) is 27.4 Å². The van der Waals surface area contributed by atoms with Crippen molar-refractivity contribution >= 4 is 39.8 Å². The zero-order valence-electron chi connectivity index (χ0n) is 17.4. The maximum atomic E-state index is 13.3. The Morgan fingerprint density at radius 2 is 1.84 bits per heavy atom. The van der Waals surface area contributed by atoms with Crippen LogP contribution in [0.4, 0.5) is 4.39 Å². The lowest BCUT2D eigenvalue weighted by atomic mass is 10.1. The molecule has 31 heavy (non-hydrogen) atoms. The summed E-state index contributed by atoms with van der Waals surface area (Å²) in [5.41, 5.74) is 1.83. The number of amidine groups is 1. The SMILES string of the molecule is CCCCC1S/C(=N\N=C\c2cccc3ccccc23)N(Cc2ccc(F)cc2)C1=O. The van der Waals surface area contributed by atoms with Gasteiger partial charge in [-0.2, -0.15) is 5.10 Å². The van der Waals surface area contributed by atoms with Gasteiger partial charge >= 0.3 is 0 Å². The molecule has 1 aliphatic rings. The summed E-state index contributed by atoms with van der Waals surface area (Å²) in [4.78, 5) is 14.7. The molecule has 3 aromatic carbocycles. The van der Waals surface area contributed by atoms with Crippen molar-refractivity contribution in [3.05, 3.63) is 83.7 Å². The number of amides is 1. The molecule has 1 amide bonds. The summed E-state index contributed by atoms with van der Waals surface area (Å²) >= 11 is 1.47. The minimum absolute atomic E-state index is 0.0434. The first-order valence-electron chi connectivity index (χ1n) is 10.5. The fourth-order valence-corrected chi connectivity index (χ4v) is 4.72. The van der Waals surface area contributed by atoms with Gasteiger partial charge in [0.2, 0.25) is 5.91 Å².